The minimum Gasteiger partial charge on any atom is -0.306 e. The monoisotopic (exact) mass is 267 g/mol. The van der Waals surface area contributed by atoms with Gasteiger partial charge in [-0.1, -0.05) is 47.1 Å². The molecule has 1 rings (SSSR count). The molecule has 1 nitrogen and oxygen atoms in total. The summed E-state index contributed by atoms with van der Waals surface area (Å²) in [5, 5.41) is 3.45. The molecule has 2 heteroatoms. The molecular weight excluding hydrogens is 250 g/mol. The summed E-state index contributed by atoms with van der Waals surface area (Å²) >= 11 is 3.43. The van der Waals surface area contributed by atoms with Gasteiger partial charge in [-0.25, -0.2) is 0 Å². The van der Waals surface area contributed by atoms with Gasteiger partial charge >= 0.3 is 0 Å². The molecule has 1 aromatic rings. The third-order valence-corrected chi connectivity index (χ3v) is 3.06. The Bertz CT molecular complexity index is 316. The fourth-order valence-electron chi connectivity index (χ4n) is 1.29. The van der Waals surface area contributed by atoms with Gasteiger partial charge in [-0.2, -0.15) is 0 Å². The molecule has 0 heterocycles. The van der Waals surface area contributed by atoms with Gasteiger partial charge in [0.05, 0.1) is 0 Å². The van der Waals surface area contributed by atoms with E-state index in [1.54, 1.807) is 0 Å². The standard InChI is InChI=1S/C13H18BrN/c1-4-10(2)9-15-11(3)12-5-7-13(14)8-6-12/h5-8,11,15H,2,4,9H2,1,3H3/t11-/m0/s1. The van der Waals surface area contributed by atoms with E-state index < -0.39 is 0 Å². The van der Waals surface area contributed by atoms with Gasteiger partial charge < -0.3 is 5.32 Å². The molecule has 1 aromatic carbocycles. The largest absolute Gasteiger partial charge is 0.306 e. The summed E-state index contributed by atoms with van der Waals surface area (Å²) < 4.78 is 1.12. The molecule has 0 bridgehead atoms. The number of rotatable bonds is 5. The molecule has 15 heavy (non-hydrogen) atoms. The summed E-state index contributed by atoms with van der Waals surface area (Å²) in [5.74, 6) is 0. The van der Waals surface area contributed by atoms with Crippen LogP contribution in [-0.4, -0.2) is 6.54 Å². The Hall–Kier alpha value is -0.600. The number of hydrogen-bond acceptors (Lipinski definition) is 1. The predicted octanol–water partition coefficient (Wildman–Crippen LogP) is 4.07. The minimum absolute atomic E-state index is 0.376. The van der Waals surface area contributed by atoms with Crippen LogP contribution < -0.4 is 5.32 Å². The Balaban J connectivity index is 2.50. The lowest BCUT2D eigenvalue weighted by molar-refractivity contribution is 0.602. The summed E-state index contributed by atoms with van der Waals surface area (Å²) in [4.78, 5) is 0. The maximum absolute atomic E-state index is 3.98. The van der Waals surface area contributed by atoms with Crippen molar-refractivity contribution < 1.29 is 0 Å². The molecule has 1 atom stereocenters. The van der Waals surface area contributed by atoms with Gasteiger partial charge in [0.2, 0.25) is 0 Å². The second-order valence-electron chi connectivity index (χ2n) is 3.76. The van der Waals surface area contributed by atoms with Crippen LogP contribution >= 0.6 is 15.9 Å². The first-order valence-corrected chi connectivity index (χ1v) is 6.08. The van der Waals surface area contributed by atoms with Gasteiger partial charge in [0.15, 0.2) is 0 Å². The Labute approximate surface area is 101 Å². The van der Waals surface area contributed by atoms with Crippen molar-refractivity contribution in [3.8, 4) is 0 Å². The molecule has 1 N–H and O–H groups in total. The molecule has 0 aliphatic carbocycles. The lowest BCUT2D eigenvalue weighted by Gasteiger charge is -2.14. The van der Waals surface area contributed by atoms with Crippen LogP contribution in [0.25, 0.3) is 0 Å². The average molecular weight is 268 g/mol. The summed E-state index contributed by atoms with van der Waals surface area (Å²) in [7, 11) is 0. The van der Waals surface area contributed by atoms with Crippen LogP contribution in [0.2, 0.25) is 0 Å². The number of benzene rings is 1. The van der Waals surface area contributed by atoms with Crippen LogP contribution in [0.3, 0.4) is 0 Å². The topological polar surface area (TPSA) is 12.0 Å². The third-order valence-electron chi connectivity index (χ3n) is 2.53. The van der Waals surface area contributed by atoms with Crippen LogP contribution in [0, 0.1) is 0 Å². The van der Waals surface area contributed by atoms with Crippen molar-refractivity contribution in [3.63, 3.8) is 0 Å². The highest BCUT2D eigenvalue weighted by atomic mass is 79.9. The Kier molecular flexibility index (Phi) is 5.06. The smallest absolute Gasteiger partial charge is 0.0294 e. The predicted molar refractivity (Wildman–Crippen MR) is 70.0 cm³/mol. The van der Waals surface area contributed by atoms with Crippen LogP contribution in [0.1, 0.15) is 31.9 Å². The van der Waals surface area contributed by atoms with Crippen molar-refractivity contribution in [2.75, 3.05) is 6.54 Å². The van der Waals surface area contributed by atoms with Gasteiger partial charge in [0.1, 0.15) is 0 Å². The van der Waals surface area contributed by atoms with E-state index in [9.17, 15) is 0 Å². The Morgan fingerprint density at radius 2 is 2.00 bits per heavy atom. The summed E-state index contributed by atoms with van der Waals surface area (Å²) in [6.07, 6.45) is 1.04. The van der Waals surface area contributed by atoms with Crippen molar-refractivity contribution >= 4 is 15.9 Å². The van der Waals surface area contributed by atoms with Gasteiger partial charge in [-0.15, -0.1) is 0 Å². The second kappa shape index (κ2) is 6.09. The van der Waals surface area contributed by atoms with E-state index in [-0.39, 0.29) is 0 Å². The van der Waals surface area contributed by atoms with Crippen molar-refractivity contribution in [2.45, 2.75) is 26.3 Å². The maximum atomic E-state index is 3.98. The van der Waals surface area contributed by atoms with Crippen LogP contribution in [0.5, 0.6) is 0 Å². The van der Waals surface area contributed by atoms with Crippen LogP contribution in [0.4, 0.5) is 0 Å². The second-order valence-corrected chi connectivity index (χ2v) is 4.67. The molecule has 82 valence electrons. The zero-order valence-electron chi connectivity index (χ0n) is 9.39. The molecular formula is C13H18BrN. The van der Waals surface area contributed by atoms with Gasteiger partial charge in [0, 0.05) is 17.1 Å². The molecule has 0 radical (unpaired) electrons. The number of hydrogen-bond donors (Lipinski definition) is 1. The highest BCUT2D eigenvalue weighted by Crippen LogP contribution is 2.16. The molecule has 0 aliphatic rings. The fraction of sp³-hybridized carbons (Fsp3) is 0.385. The molecule has 0 spiro atoms. The number of nitrogens with one attached hydrogen (secondary N) is 1. The number of halogens is 1. The molecule has 0 aliphatic heterocycles. The molecule has 0 amide bonds. The van der Waals surface area contributed by atoms with E-state index >= 15 is 0 Å². The molecule has 0 aromatic heterocycles. The van der Waals surface area contributed by atoms with Crippen LogP contribution in [-0.2, 0) is 0 Å². The van der Waals surface area contributed by atoms with Gasteiger partial charge in [0.25, 0.3) is 0 Å². The fourth-order valence-corrected chi connectivity index (χ4v) is 1.56. The van der Waals surface area contributed by atoms with Crippen LogP contribution in [0.15, 0.2) is 40.9 Å². The summed E-state index contributed by atoms with van der Waals surface area (Å²) in [5.41, 5.74) is 2.56. The van der Waals surface area contributed by atoms with E-state index in [4.69, 9.17) is 0 Å². The van der Waals surface area contributed by atoms with Gasteiger partial charge in [-0.3, -0.25) is 0 Å². The minimum atomic E-state index is 0.376. The zero-order chi connectivity index (χ0) is 11.3. The van der Waals surface area contributed by atoms with E-state index in [2.05, 4.69) is 65.9 Å². The lowest BCUT2D eigenvalue weighted by atomic mass is 10.1. The first-order valence-electron chi connectivity index (χ1n) is 5.29. The first-order chi connectivity index (χ1) is 7.13. The highest BCUT2D eigenvalue weighted by molar-refractivity contribution is 9.10. The normalized spacial score (nSPS) is 12.5. The van der Waals surface area contributed by atoms with Crippen molar-refractivity contribution in [3.05, 3.63) is 46.5 Å². The first kappa shape index (κ1) is 12.5. The van der Waals surface area contributed by atoms with Crippen molar-refractivity contribution in [2.24, 2.45) is 0 Å². The third kappa shape index (κ3) is 4.18. The lowest BCUT2D eigenvalue weighted by Crippen LogP contribution is -2.20. The Morgan fingerprint density at radius 1 is 1.40 bits per heavy atom. The highest BCUT2D eigenvalue weighted by Gasteiger charge is 2.03. The molecule has 0 saturated heterocycles. The summed E-state index contributed by atoms with van der Waals surface area (Å²) in [6.45, 7) is 9.19. The van der Waals surface area contributed by atoms with E-state index in [0.717, 1.165) is 17.4 Å². The van der Waals surface area contributed by atoms with Crippen molar-refractivity contribution in [1.82, 2.24) is 5.32 Å². The van der Waals surface area contributed by atoms with E-state index in [0.29, 0.717) is 6.04 Å². The Morgan fingerprint density at radius 3 is 2.53 bits per heavy atom. The van der Waals surface area contributed by atoms with Gasteiger partial charge in [-0.05, 0) is 31.0 Å². The van der Waals surface area contributed by atoms with E-state index in [1.165, 1.54) is 11.1 Å². The molecule has 0 fully saturated rings. The summed E-state index contributed by atoms with van der Waals surface area (Å²) in [6, 6.07) is 8.79. The van der Waals surface area contributed by atoms with E-state index in [1.807, 2.05) is 0 Å². The average Bonchev–Trinajstić information content (AvgIpc) is 2.26. The SMILES string of the molecule is C=C(CC)CN[C@@H](C)c1ccc(Br)cc1. The molecule has 0 unspecified atom stereocenters. The maximum Gasteiger partial charge on any atom is 0.0294 e. The van der Waals surface area contributed by atoms with Crippen molar-refractivity contribution in [1.29, 1.82) is 0 Å². The zero-order valence-corrected chi connectivity index (χ0v) is 11.0. The molecule has 0 saturated carbocycles. The quantitative estimate of drug-likeness (QED) is 0.794.